The Bertz CT molecular complexity index is 1020. The van der Waals surface area contributed by atoms with E-state index in [9.17, 15) is 13.6 Å². The predicted octanol–water partition coefficient (Wildman–Crippen LogP) is 4.61. The summed E-state index contributed by atoms with van der Waals surface area (Å²) in [6.07, 6.45) is 1.33. The normalized spacial score (nSPS) is 10.8. The number of carbonyl (C=O) groups is 1. The number of hydrogen-bond acceptors (Lipinski definition) is 4. The molecule has 0 radical (unpaired) electrons. The molecule has 6 nitrogen and oxygen atoms in total. The minimum absolute atomic E-state index is 0.113. The van der Waals surface area contributed by atoms with Crippen LogP contribution in [0.3, 0.4) is 0 Å². The largest absolute Gasteiger partial charge is 0.453 e. The van der Waals surface area contributed by atoms with Crippen molar-refractivity contribution in [3.8, 4) is 22.7 Å². The highest BCUT2D eigenvalue weighted by Gasteiger charge is 2.11. The maximum absolute atomic E-state index is 12.4. The maximum Gasteiger partial charge on any atom is 0.407 e. The van der Waals surface area contributed by atoms with Crippen LogP contribution < -0.4 is 10.1 Å². The van der Waals surface area contributed by atoms with Crippen molar-refractivity contribution in [3.63, 3.8) is 0 Å². The molecule has 29 heavy (non-hydrogen) atoms. The summed E-state index contributed by atoms with van der Waals surface area (Å²) >= 11 is 0. The molecule has 0 saturated carbocycles. The van der Waals surface area contributed by atoms with Gasteiger partial charge in [-0.15, -0.1) is 0 Å². The Kier molecular flexibility index (Phi) is 6.11. The summed E-state index contributed by atoms with van der Waals surface area (Å²) in [4.78, 5) is 11.3. The van der Waals surface area contributed by atoms with E-state index < -0.39 is 12.7 Å². The van der Waals surface area contributed by atoms with Gasteiger partial charge in [0.1, 0.15) is 5.75 Å². The fourth-order valence-corrected chi connectivity index (χ4v) is 2.94. The number of rotatable bonds is 6. The number of carbonyl (C=O) groups excluding carboxylic acids is 1. The second-order valence-electron chi connectivity index (χ2n) is 6.46. The molecule has 1 amide bonds. The van der Waals surface area contributed by atoms with Gasteiger partial charge in [0.05, 0.1) is 18.5 Å². The van der Waals surface area contributed by atoms with Crippen molar-refractivity contribution in [2.24, 2.45) is 0 Å². The number of nitrogens with zero attached hydrogens (tertiary/aromatic N) is 2. The minimum atomic E-state index is -2.86. The van der Waals surface area contributed by atoms with Crippen molar-refractivity contribution in [3.05, 3.63) is 65.4 Å². The van der Waals surface area contributed by atoms with Crippen LogP contribution in [0.15, 0.2) is 48.7 Å². The van der Waals surface area contributed by atoms with E-state index in [0.29, 0.717) is 12.2 Å². The zero-order valence-electron chi connectivity index (χ0n) is 16.3. The quantitative estimate of drug-likeness (QED) is 0.655. The van der Waals surface area contributed by atoms with Gasteiger partial charge in [0.2, 0.25) is 0 Å². The Morgan fingerprint density at radius 1 is 1.14 bits per heavy atom. The molecule has 1 N–H and O–H groups in total. The standard InChI is InChI=1S/C21H21F2N3O3/c1-13-4-5-16(11-15(13)12-24-21(27)28-3)26-9-8-19(25-26)18-7-6-17(10-14(18)2)29-20(22)23/h4-11,20H,12H2,1-3H3,(H,24,27). The fourth-order valence-electron chi connectivity index (χ4n) is 2.94. The fraction of sp³-hybridized carbons (Fsp3) is 0.238. The van der Waals surface area contributed by atoms with Crippen LogP contribution in [0.1, 0.15) is 16.7 Å². The Morgan fingerprint density at radius 2 is 1.93 bits per heavy atom. The molecule has 152 valence electrons. The number of aryl methyl sites for hydroxylation is 2. The van der Waals surface area contributed by atoms with Gasteiger partial charge in [-0.3, -0.25) is 0 Å². The van der Waals surface area contributed by atoms with Crippen molar-refractivity contribution in [1.82, 2.24) is 15.1 Å². The number of ether oxygens (including phenoxy) is 2. The zero-order chi connectivity index (χ0) is 21.0. The molecule has 0 aliphatic heterocycles. The molecular weight excluding hydrogens is 380 g/mol. The molecule has 0 atom stereocenters. The van der Waals surface area contributed by atoms with Crippen LogP contribution in [-0.2, 0) is 11.3 Å². The number of methoxy groups -OCH3 is 1. The van der Waals surface area contributed by atoms with Gasteiger partial charge in [0, 0.05) is 18.3 Å². The van der Waals surface area contributed by atoms with E-state index in [0.717, 1.165) is 27.9 Å². The lowest BCUT2D eigenvalue weighted by Crippen LogP contribution is -2.22. The summed E-state index contributed by atoms with van der Waals surface area (Å²) < 4.78 is 35.5. The van der Waals surface area contributed by atoms with Crippen LogP contribution in [0.5, 0.6) is 5.75 Å². The van der Waals surface area contributed by atoms with E-state index >= 15 is 0 Å². The second-order valence-corrected chi connectivity index (χ2v) is 6.46. The van der Waals surface area contributed by atoms with Crippen LogP contribution in [0.25, 0.3) is 16.9 Å². The van der Waals surface area contributed by atoms with Crippen LogP contribution in [0, 0.1) is 13.8 Å². The molecule has 1 heterocycles. The summed E-state index contributed by atoms with van der Waals surface area (Å²) in [5.41, 5.74) is 5.11. The average Bonchev–Trinajstić information content (AvgIpc) is 3.16. The van der Waals surface area contributed by atoms with Gasteiger partial charge in [0.15, 0.2) is 0 Å². The van der Waals surface area contributed by atoms with Crippen molar-refractivity contribution < 1.29 is 23.0 Å². The average molecular weight is 401 g/mol. The number of aromatic nitrogens is 2. The van der Waals surface area contributed by atoms with Crippen molar-refractivity contribution in [2.75, 3.05) is 7.11 Å². The van der Waals surface area contributed by atoms with Crippen molar-refractivity contribution >= 4 is 6.09 Å². The molecule has 1 aromatic heterocycles. The summed E-state index contributed by atoms with van der Waals surface area (Å²) in [5, 5.41) is 7.27. The highest BCUT2D eigenvalue weighted by Crippen LogP contribution is 2.27. The highest BCUT2D eigenvalue weighted by molar-refractivity contribution is 5.67. The lowest BCUT2D eigenvalue weighted by molar-refractivity contribution is -0.0498. The first kappa shape index (κ1) is 20.3. The van der Waals surface area contributed by atoms with Crippen LogP contribution >= 0.6 is 0 Å². The second kappa shape index (κ2) is 8.72. The van der Waals surface area contributed by atoms with Gasteiger partial charge in [-0.05, 0) is 66.9 Å². The van der Waals surface area contributed by atoms with Crippen molar-refractivity contribution in [1.29, 1.82) is 0 Å². The van der Waals surface area contributed by atoms with E-state index in [-0.39, 0.29) is 5.75 Å². The topological polar surface area (TPSA) is 65.4 Å². The summed E-state index contributed by atoms with van der Waals surface area (Å²) in [5.74, 6) is 0.113. The van der Waals surface area contributed by atoms with E-state index in [1.165, 1.54) is 13.2 Å². The first-order chi connectivity index (χ1) is 13.9. The number of nitrogens with one attached hydrogen (secondary N) is 1. The van der Waals surface area contributed by atoms with Gasteiger partial charge in [-0.1, -0.05) is 6.07 Å². The lowest BCUT2D eigenvalue weighted by atomic mass is 10.1. The third kappa shape index (κ3) is 4.90. The Morgan fingerprint density at radius 3 is 2.62 bits per heavy atom. The zero-order valence-corrected chi connectivity index (χ0v) is 16.3. The lowest BCUT2D eigenvalue weighted by Gasteiger charge is -2.10. The Labute approximate surface area is 167 Å². The van der Waals surface area contributed by atoms with Crippen LogP contribution in [0.4, 0.5) is 13.6 Å². The van der Waals surface area contributed by atoms with Gasteiger partial charge >= 0.3 is 12.7 Å². The first-order valence-electron chi connectivity index (χ1n) is 8.90. The molecular formula is C21H21F2N3O3. The number of alkyl halides is 2. The molecule has 0 spiro atoms. The Balaban J connectivity index is 1.84. The van der Waals surface area contributed by atoms with E-state index in [4.69, 9.17) is 0 Å². The number of amides is 1. The SMILES string of the molecule is COC(=O)NCc1cc(-n2ccc(-c3ccc(OC(F)F)cc3C)n2)ccc1C. The molecule has 0 bridgehead atoms. The van der Waals surface area contributed by atoms with Crippen molar-refractivity contribution in [2.45, 2.75) is 27.0 Å². The molecule has 8 heteroatoms. The molecule has 0 aliphatic carbocycles. The van der Waals surface area contributed by atoms with E-state index in [2.05, 4.69) is 19.9 Å². The number of alkyl carbamates (subject to hydrolysis) is 1. The van der Waals surface area contributed by atoms with Gasteiger partial charge < -0.3 is 14.8 Å². The molecule has 0 saturated heterocycles. The molecule has 0 aliphatic rings. The summed E-state index contributed by atoms with van der Waals surface area (Å²) in [6, 6.07) is 12.4. The maximum atomic E-state index is 12.4. The molecule has 3 aromatic rings. The monoisotopic (exact) mass is 401 g/mol. The first-order valence-corrected chi connectivity index (χ1v) is 8.90. The Hall–Kier alpha value is -3.42. The van der Waals surface area contributed by atoms with E-state index in [1.54, 1.807) is 16.8 Å². The summed E-state index contributed by atoms with van der Waals surface area (Å²) in [7, 11) is 1.32. The smallest absolute Gasteiger partial charge is 0.407 e. The molecule has 0 unspecified atom stereocenters. The number of halogens is 2. The third-order valence-electron chi connectivity index (χ3n) is 4.49. The van der Waals surface area contributed by atoms with Gasteiger partial charge in [-0.25, -0.2) is 9.48 Å². The molecule has 3 rings (SSSR count). The highest BCUT2D eigenvalue weighted by atomic mass is 19.3. The number of hydrogen-bond donors (Lipinski definition) is 1. The predicted molar refractivity (Wildman–Crippen MR) is 104 cm³/mol. The van der Waals surface area contributed by atoms with Gasteiger partial charge in [0.25, 0.3) is 0 Å². The van der Waals surface area contributed by atoms with Crippen LogP contribution in [-0.4, -0.2) is 29.6 Å². The molecule has 2 aromatic carbocycles. The third-order valence-corrected chi connectivity index (χ3v) is 4.49. The number of benzene rings is 2. The van der Waals surface area contributed by atoms with E-state index in [1.807, 2.05) is 44.3 Å². The van der Waals surface area contributed by atoms with Gasteiger partial charge in [-0.2, -0.15) is 13.9 Å². The molecule has 0 fully saturated rings. The minimum Gasteiger partial charge on any atom is -0.453 e. The summed E-state index contributed by atoms with van der Waals surface area (Å²) in [6.45, 7) is 1.25. The van der Waals surface area contributed by atoms with Crippen LogP contribution in [0.2, 0.25) is 0 Å².